The van der Waals surface area contributed by atoms with E-state index >= 15 is 0 Å². The fourth-order valence-corrected chi connectivity index (χ4v) is 4.26. The summed E-state index contributed by atoms with van der Waals surface area (Å²) in [6.45, 7) is 1.33. The van der Waals surface area contributed by atoms with Crippen LogP contribution in [0.25, 0.3) is 0 Å². The van der Waals surface area contributed by atoms with Gasteiger partial charge in [-0.25, -0.2) is 8.42 Å². The standard InChI is InChI=1S/C17H17Cl2NO4S2/c1-3-24-17(21)11-20(12-4-9-15(18)16(19)10-12)26(22,23)14-7-5-13(25-2)6-8-14/h4-10H,3,11H2,1-2H3. The van der Waals surface area contributed by atoms with Gasteiger partial charge in [-0.1, -0.05) is 23.2 Å². The van der Waals surface area contributed by atoms with Gasteiger partial charge in [0.25, 0.3) is 10.0 Å². The van der Waals surface area contributed by atoms with Crippen LogP contribution in [0.5, 0.6) is 0 Å². The van der Waals surface area contributed by atoms with E-state index in [0.29, 0.717) is 0 Å². The second kappa shape index (κ2) is 8.99. The van der Waals surface area contributed by atoms with Crippen LogP contribution in [0.3, 0.4) is 0 Å². The van der Waals surface area contributed by atoms with Crippen LogP contribution in [0.2, 0.25) is 10.0 Å². The number of thioether (sulfide) groups is 1. The number of esters is 1. The summed E-state index contributed by atoms with van der Waals surface area (Å²) >= 11 is 13.4. The van der Waals surface area contributed by atoms with E-state index in [0.717, 1.165) is 9.20 Å². The monoisotopic (exact) mass is 433 g/mol. The van der Waals surface area contributed by atoms with Crippen molar-refractivity contribution >= 4 is 56.6 Å². The lowest BCUT2D eigenvalue weighted by Crippen LogP contribution is -2.36. The number of anilines is 1. The largest absolute Gasteiger partial charge is 0.465 e. The van der Waals surface area contributed by atoms with Gasteiger partial charge in [-0.2, -0.15) is 0 Å². The Balaban J connectivity index is 2.49. The minimum Gasteiger partial charge on any atom is -0.465 e. The average Bonchev–Trinajstić information content (AvgIpc) is 2.62. The predicted octanol–water partition coefficient (Wildman–Crippen LogP) is 4.47. The number of rotatable bonds is 7. The molecule has 9 heteroatoms. The topological polar surface area (TPSA) is 63.7 Å². The highest BCUT2D eigenvalue weighted by atomic mass is 35.5. The fraction of sp³-hybridized carbons (Fsp3) is 0.235. The average molecular weight is 434 g/mol. The maximum absolute atomic E-state index is 13.1. The third-order valence-corrected chi connectivity index (χ3v) is 6.69. The van der Waals surface area contributed by atoms with Gasteiger partial charge in [-0.15, -0.1) is 11.8 Å². The number of sulfonamides is 1. The van der Waals surface area contributed by atoms with Crippen molar-refractivity contribution in [1.82, 2.24) is 0 Å². The molecule has 0 bridgehead atoms. The van der Waals surface area contributed by atoms with Gasteiger partial charge >= 0.3 is 5.97 Å². The molecule has 0 saturated carbocycles. The summed E-state index contributed by atoms with van der Waals surface area (Å²) in [5, 5.41) is 0.471. The summed E-state index contributed by atoms with van der Waals surface area (Å²) in [5.41, 5.74) is 0.224. The molecule has 140 valence electrons. The molecule has 2 aromatic rings. The number of carbonyl (C=O) groups excluding carboxylic acids is 1. The molecule has 2 aromatic carbocycles. The van der Waals surface area contributed by atoms with Crippen molar-refractivity contribution in [3.05, 3.63) is 52.5 Å². The minimum absolute atomic E-state index is 0.0608. The Morgan fingerprint density at radius 1 is 1.12 bits per heavy atom. The number of nitrogens with zero attached hydrogens (tertiary/aromatic N) is 1. The summed E-state index contributed by atoms with van der Waals surface area (Å²) in [6.07, 6.45) is 1.90. The molecule has 0 aliphatic rings. The Morgan fingerprint density at radius 2 is 1.77 bits per heavy atom. The number of benzene rings is 2. The van der Waals surface area contributed by atoms with Gasteiger partial charge in [0.05, 0.1) is 27.2 Å². The van der Waals surface area contributed by atoms with Crippen molar-refractivity contribution in [3.63, 3.8) is 0 Å². The lowest BCUT2D eigenvalue weighted by Gasteiger charge is -2.24. The molecule has 26 heavy (non-hydrogen) atoms. The van der Waals surface area contributed by atoms with Gasteiger partial charge in [-0.3, -0.25) is 9.10 Å². The molecule has 0 radical (unpaired) electrons. The van der Waals surface area contributed by atoms with Crippen LogP contribution in [-0.2, 0) is 19.6 Å². The molecular formula is C17H17Cl2NO4S2. The molecule has 0 saturated heterocycles. The van der Waals surface area contributed by atoms with Crippen molar-refractivity contribution < 1.29 is 17.9 Å². The van der Waals surface area contributed by atoms with E-state index in [9.17, 15) is 13.2 Å². The number of hydrogen-bond donors (Lipinski definition) is 0. The summed E-state index contributed by atoms with van der Waals surface area (Å²) in [7, 11) is -4.00. The molecule has 0 unspecified atom stereocenters. The van der Waals surface area contributed by atoms with Crippen molar-refractivity contribution in [2.45, 2.75) is 16.7 Å². The Hall–Kier alpha value is -1.41. The molecule has 0 amide bonds. The molecule has 5 nitrogen and oxygen atoms in total. The van der Waals surface area contributed by atoms with Gasteiger partial charge in [0.15, 0.2) is 0 Å². The smallest absolute Gasteiger partial charge is 0.326 e. The number of carbonyl (C=O) groups is 1. The molecular weight excluding hydrogens is 417 g/mol. The molecule has 0 atom stereocenters. The number of hydrogen-bond acceptors (Lipinski definition) is 5. The summed E-state index contributed by atoms with van der Waals surface area (Å²) < 4.78 is 32.1. The van der Waals surface area contributed by atoms with Crippen molar-refractivity contribution in [2.24, 2.45) is 0 Å². The van der Waals surface area contributed by atoms with E-state index in [4.69, 9.17) is 27.9 Å². The highest BCUT2D eigenvalue weighted by molar-refractivity contribution is 7.98. The van der Waals surface area contributed by atoms with Crippen LogP contribution in [-0.4, -0.2) is 33.8 Å². The van der Waals surface area contributed by atoms with Crippen molar-refractivity contribution in [2.75, 3.05) is 23.7 Å². The number of halogens is 2. The quantitative estimate of drug-likeness (QED) is 0.475. The van der Waals surface area contributed by atoms with E-state index in [1.807, 2.05) is 6.26 Å². The van der Waals surface area contributed by atoms with Crippen molar-refractivity contribution in [1.29, 1.82) is 0 Å². The predicted molar refractivity (Wildman–Crippen MR) is 106 cm³/mol. The first kappa shape index (κ1) is 20.9. The third-order valence-electron chi connectivity index (χ3n) is 3.42. The van der Waals surface area contributed by atoms with Gasteiger partial charge in [-0.05, 0) is 55.6 Å². The zero-order valence-electron chi connectivity index (χ0n) is 14.1. The van der Waals surface area contributed by atoms with E-state index in [2.05, 4.69) is 0 Å². The Kier molecular flexibility index (Phi) is 7.23. The van der Waals surface area contributed by atoms with Crippen molar-refractivity contribution in [3.8, 4) is 0 Å². The Bertz CT molecular complexity index is 886. The zero-order valence-corrected chi connectivity index (χ0v) is 17.3. The Morgan fingerprint density at radius 3 is 2.31 bits per heavy atom. The third kappa shape index (κ3) is 4.85. The van der Waals surface area contributed by atoms with Gasteiger partial charge in [0.1, 0.15) is 6.54 Å². The van der Waals surface area contributed by atoms with Gasteiger partial charge < -0.3 is 4.74 Å². The summed E-state index contributed by atoms with van der Waals surface area (Å²) in [6, 6.07) is 10.8. The maximum atomic E-state index is 13.1. The molecule has 0 heterocycles. The highest BCUT2D eigenvalue weighted by Crippen LogP contribution is 2.31. The lowest BCUT2D eigenvalue weighted by molar-refractivity contribution is -0.141. The normalized spacial score (nSPS) is 11.2. The van der Waals surface area contributed by atoms with Gasteiger partial charge in [0, 0.05) is 4.90 Å². The van der Waals surface area contributed by atoms with Crippen LogP contribution < -0.4 is 4.31 Å². The van der Waals surface area contributed by atoms with Gasteiger partial charge in [0.2, 0.25) is 0 Å². The van der Waals surface area contributed by atoms with E-state index in [1.54, 1.807) is 19.1 Å². The Labute approximate surface area is 167 Å². The lowest BCUT2D eigenvalue weighted by atomic mass is 10.3. The minimum atomic E-state index is -4.00. The zero-order chi connectivity index (χ0) is 19.3. The first-order chi connectivity index (χ1) is 12.3. The molecule has 0 fully saturated rings. The molecule has 0 aliphatic carbocycles. The molecule has 0 aliphatic heterocycles. The summed E-state index contributed by atoms with van der Waals surface area (Å²) in [5.74, 6) is -0.664. The van der Waals surface area contributed by atoms with Crippen LogP contribution >= 0.6 is 35.0 Å². The molecule has 0 N–H and O–H groups in total. The summed E-state index contributed by atoms with van der Waals surface area (Å²) in [4.78, 5) is 13.0. The molecule has 0 aromatic heterocycles. The second-order valence-electron chi connectivity index (χ2n) is 5.09. The van der Waals surface area contributed by atoms with Crippen LogP contribution in [0.1, 0.15) is 6.92 Å². The van der Waals surface area contributed by atoms with E-state index in [1.165, 1.54) is 42.1 Å². The number of ether oxygens (including phenoxy) is 1. The van der Waals surface area contributed by atoms with Crippen LogP contribution in [0.15, 0.2) is 52.3 Å². The second-order valence-corrected chi connectivity index (χ2v) is 8.65. The SMILES string of the molecule is CCOC(=O)CN(c1ccc(Cl)c(Cl)c1)S(=O)(=O)c1ccc(SC)cc1. The fourth-order valence-electron chi connectivity index (χ4n) is 2.15. The first-order valence-corrected chi connectivity index (χ1v) is 11.0. The van der Waals surface area contributed by atoms with Crippen LogP contribution in [0, 0.1) is 0 Å². The maximum Gasteiger partial charge on any atom is 0.326 e. The first-order valence-electron chi connectivity index (χ1n) is 7.57. The van der Waals surface area contributed by atoms with Crippen LogP contribution in [0.4, 0.5) is 5.69 Å². The van der Waals surface area contributed by atoms with E-state index in [-0.39, 0.29) is 27.2 Å². The van der Waals surface area contributed by atoms with E-state index < -0.39 is 22.5 Å². The molecule has 0 spiro atoms. The highest BCUT2D eigenvalue weighted by Gasteiger charge is 2.28. The molecule has 2 rings (SSSR count).